The van der Waals surface area contributed by atoms with Gasteiger partial charge in [-0.15, -0.1) is 0 Å². The predicted octanol–water partition coefficient (Wildman–Crippen LogP) is 4.54. The van der Waals surface area contributed by atoms with E-state index >= 15 is 0 Å². The average Bonchev–Trinajstić information content (AvgIpc) is 2.46. The third kappa shape index (κ3) is 4.53. The van der Waals surface area contributed by atoms with Crippen LogP contribution in [0.25, 0.3) is 0 Å². The molecule has 3 nitrogen and oxygen atoms in total. The standard InChI is InChI=1S/C16H14BrF2NO2/c1-10(11-4-3-7-14(9-11)22-16(18)19)20-15(21)12-5-2-6-13(17)8-12/h2-10,16H,1H3,(H,20,21). The van der Waals surface area contributed by atoms with Crippen LogP contribution in [0.4, 0.5) is 8.78 Å². The summed E-state index contributed by atoms with van der Waals surface area (Å²) >= 11 is 3.31. The van der Waals surface area contributed by atoms with Gasteiger partial charge in [0.2, 0.25) is 0 Å². The van der Waals surface area contributed by atoms with Crippen LogP contribution in [0.2, 0.25) is 0 Å². The minimum Gasteiger partial charge on any atom is -0.435 e. The lowest BCUT2D eigenvalue weighted by Crippen LogP contribution is -2.26. The Balaban J connectivity index is 2.08. The second-order valence-electron chi connectivity index (χ2n) is 4.66. The Morgan fingerprint density at radius 2 is 1.91 bits per heavy atom. The van der Waals surface area contributed by atoms with Crippen LogP contribution < -0.4 is 10.1 Å². The number of rotatable bonds is 5. The smallest absolute Gasteiger partial charge is 0.387 e. The normalized spacial score (nSPS) is 12.0. The summed E-state index contributed by atoms with van der Waals surface area (Å²) in [5.74, 6) is -0.176. The number of ether oxygens (including phenoxy) is 1. The first-order valence-electron chi connectivity index (χ1n) is 6.57. The van der Waals surface area contributed by atoms with E-state index in [1.807, 2.05) is 6.07 Å². The number of carbonyl (C=O) groups excluding carboxylic acids is 1. The van der Waals surface area contributed by atoms with E-state index in [4.69, 9.17) is 0 Å². The first-order chi connectivity index (χ1) is 10.5. The molecule has 0 aliphatic rings. The van der Waals surface area contributed by atoms with Crippen molar-refractivity contribution in [2.24, 2.45) is 0 Å². The van der Waals surface area contributed by atoms with Crippen LogP contribution in [0.5, 0.6) is 5.75 Å². The van der Waals surface area contributed by atoms with Gasteiger partial charge in [-0.2, -0.15) is 8.78 Å². The molecular formula is C16H14BrF2NO2. The van der Waals surface area contributed by atoms with Crippen molar-refractivity contribution in [3.8, 4) is 5.75 Å². The van der Waals surface area contributed by atoms with Crippen LogP contribution in [0, 0.1) is 0 Å². The Kier molecular flexibility index (Phi) is 5.49. The van der Waals surface area contributed by atoms with Gasteiger partial charge in [0.05, 0.1) is 6.04 Å². The van der Waals surface area contributed by atoms with E-state index in [1.165, 1.54) is 12.1 Å². The molecule has 0 heterocycles. The molecular weight excluding hydrogens is 356 g/mol. The Hall–Kier alpha value is -1.95. The summed E-state index contributed by atoms with van der Waals surface area (Å²) < 4.78 is 29.6. The number of nitrogens with one attached hydrogen (secondary N) is 1. The van der Waals surface area contributed by atoms with E-state index in [0.717, 1.165) is 4.47 Å². The van der Waals surface area contributed by atoms with Gasteiger partial charge in [-0.1, -0.05) is 34.1 Å². The van der Waals surface area contributed by atoms with Crippen molar-refractivity contribution in [2.75, 3.05) is 0 Å². The zero-order chi connectivity index (χ0) is 16.1. The van der Waals surface area contributed by atoms with E-state index in [1.54, 1.807) is 37.3 Å². The van der Waals surface area contributed by atoms with Crippen molar-refractivity contribution >= 4 is 21.8 Å². The van der Waals surface area contributed by atoms with Gasteiger partial charge in [-0.05, 0) is 42.8 Å². The lowest BCUT2D eigenvalue weighted by molar-refractivity contribution is -0.0499. The fourth-order valence-electron chi connectivity index (χ4n) is 1.95. The topological polar surface area (TPSA) is 38.3 Å². The van der Waals surface area contributed by atoms with Crippen LogP contribution >= 0.6 is 15.9 Å². The number of benzene rings is 2. The summed E-state index contributed by atoms with van der Waals surface area (Å²) in [4.78, 5) is 12.2. The summed E-state index contributed by atoms with van der Waals surface area (Å²) in [5.41, 5.74) is 1.20. The third-order valence-corrected chi connectivity index (χ3v) is 3.51. The maximum atomic E-state index is 12.2. The number of halogens is 3. The van der Waals surface area contributed by atoms with E-state index < -0.39 is 6.61 Å². The summed E-state index contributed by atoms with van der Waals surface area (Å²) in [5, 5.41) is 2.82. The van der Waals surface area contributed by atoms with Gasteiger partial charge in [0.15, 0.2) is 0 Å². The number of hydrogen-bond acceptors (Lipinski definition) is 2. The molecule has 0 saturated heterocycles. The molecule has 1 atom stereocenters. The molecule has 0 aliphatic carbocycles. The van der Waals surface area contributed by atoms with Crippen LogP contribution in [-0.4, -0.2) is 12.5 Å². The minimum atomic E-state index is -2.87. The Morgan fingerprint density at radius 3 is 2.59 bits per heavy atom. The van der Waals surface area contributed by atoms with Crippen molar-refractivity contribution in [1.82, 2.24) is 5.32 Å². The summed E-state index contributed by atoms with van der Waals surface area (Å²) in [6.07, 6.45) is 0. The Labute approximate surface area is 135 Å². The first-order valence-corrected chi connectivity index (χ1v) is 7.36. The first kappa shape index (κ1) is 16.4. The van der Waals surface area contributed by atoms with E-state index in [-0.39, 0.29) is 17.7 Å². The quantitative estimate of drug-likeness (QED) is 0.839. The SMILES string of the molecule is CC(NC(=O)c1cccc(Br)c1)c1cccc(OC(F)F)c1. The van der Waals surface area contributed by atoms with Gasteiger partial charge in [-0.25, -0.2) is 0 Å². The van der Waals surface area contributed by atoms with Gasteiger partial charge >= 0.3 is 6.61 Å². The molecule has 0 saturated carbocycles. The molecule has 116 valence electrons. The lowest BCUT2D eigenvalue weighted by Gasteiger charge is -2.15. The molecule has 0 bridgehead atoms. The molecule has 0 radical (unpaired) electrons. The molecule has 22 heavy (non-hydrogen) atoms. The molecule has 1 amide bonds. The zero-order valence-corrected chi connectivity index (χ0v) is 13.3. The van der Waals surface area contributed by atoms with Gasteiger partial charge in [0, 0.05) is 10.0 Å². The molecule has 2 rings (SSSR count). The maximum absolute atomic E-state index is 12.2. The van der Waals surface area contributed by atoms with Crippen molar-refractivity contribution in [2.45, 2.75) is 19.6 Å². The second kappa shape index (κ2) is 7.35. The van der Waals surface area contributed by atoms with E-state index in [2.05, 4.69) is 26.0 Å². The molecule has 1 unspecified atom stereocenters. The predicted molar refractivity (Wildman–Crippen MR) is 83.1 cm³/mol. The van der Waals surface area contributed by atoms with Crippen LogP contribution in [0.1, 0.15) is 28.9 Å². The van der Waals surface area contributed by atoms with Gasteiger partial charge in [0.1, 0.15) is 5.75 Å². The second-order valence-corrected chi connectivity index (χ2v) is 5.57. The summed E-state index contributed by atoms with van der Waals surface area (Å²) in [6.45, 7) is -1.10. The number of carbonyl (C=O) groups is 1. The van der Waals surface area contributed by atoms with Crippen LogP contribution in [0.3, 0.4) is 0 Å². The summed E-state index contributed by atoms with van der Waals surface area (Å²) in [7, 11) is 0. The van der Waals surface area contributed by atoms with Gasteiger partial charge in [-0.3, -0.25) is 4.79 Å². The molecule has 0 aliphatic heterocycles. The molecule has 0 fully saturated rings. The van der Waals surface area contributed by atoms with Crippen LogP contribution in [-0.2, 0) is 0 Å². The molecule has 0 spiro atoms. The fraction of sp³-hybridized carbons (Fsp3) is 0.188. The molecule has 2 aromatic rings. The van der Waals surface area contributed by atoms with Crippen molar-refractivity contribution in [1.29, 1.82) is 0 Å². The fourth-order valence-corrected chi connectivity index (χ4v) is 2.35. The highest BCUT2D eigenvalue weighted by atomic mass is 79.9. The van der Waals surface area contributed by atoms with Crippen molar-refractivity contribution < 1.29 is 18.3 Å². The Bertz CT molecular complexity index is 664. The largest absolute Gasteiger partial charge is 0.435 e. The van der Waals surface area contributed by atoms with Crippen molar-refractivity contribution in [3.05, 3.63) is 64.1 Å². The summed E-state index contributed by atoms with van der Waals surface area (Å²) in [6, 6.07) is 12.9. The van der Waals surface area contributed by atoms with E-state index in [9.17, 15) is 13.6 Å². The van der Waals surface area contributed by atoms with Crippen LogP contribution in [0.15, 0.2) is 53.0 Å². The highest BCUT2D eigenvalue weighted by molar-refractivity contribution is 9.10. The minimum absolute atomic E-state index is 0.0658. The molecule has 2 aromatic carbocycles. The van der Waals surface area contributed by atoms with Crippen molar-refractivity contribution in [3.63, 3.8) is 0 Å². The average molecular weight is 370 g/mol. The third-order valence-electron chi connectivity index (χ3n) is 3.02. The Morgan fingerprint density at radius 1 is 1.18 bits per heavy atom. The highest BCUT2D eigenvalue weighted by Gasteiger charge is 2.13. The number of amides is 1. The zero-order valence-electron chi connectivity index (χ0n) is 11.7. The number of alkyl halides is 2. The highest BCUT2D eigenvalue weighted by Crippen LogP contribution is 2.21. The maximum Gasteiger partial charge on any atom is 0.387 e. The molecule has 1 N–H and O–H groups in total. The molecule has 0 aromatic heterocycles. The van der Waals surface area contributed by atoms with Gasteiger partial charge < -0.3 is 10.1 Å². The number of hydrogen-bond donors (Lipinski definition) is 1. The van der Waals surface area contributed by atoms with E-state index in [0.29, 0.717) is 11.1 Å². The molecule has 6 heteroatoms. The van der Waals surface area contributed by atoms with Gasteiger partial charge in [0.25, 0.3) is 5.91 Å². The monoisotopic (exact) mass is 369 g/mol. The lowest BCUT2D eigenvalue weighted by atomic mass is 10.1.